The van der Waals surface area contributed by atoms with E-state index in [1.165, 1.54) is 44.9 Å². The Morgan fingerprint density at radius 2 is 2.07 bits per heavy atom. The molecule has 1 N–H and O–H groups in total. The van der Waals surface area contributed by atoms with Crippen molar-refractivity contribution in [1.82, 2.24) is 9.80 Å². The fourth-order valence-electron chi connectivity index (χ4n) is 6.24. The number of likely N-dealkylation sites (tertiary alicyclic amines) is 1. The van der Waals surface area contributed by atoms with Gasteiger partial charge in [-0.25, -0.2) is 9.59 Å². The van der Waals surface area contributed by atoms with Crippen molar-refractivity contribution in [2.45, 2.75) is 50.6 Å². The van der Waals surface area contributed by atoms with Crippen LogP contribution in [0.1, 0.15) is 48.9 Å². The number of rotatable bonds is 2. The molecule has 3 saturated heterocycles. The third kappa shape index (κ3) is 3.51. The lowest BCUT2D eigenvalue weighted by atomic mass is 9.68. The van der Waals surface area contributed by atoms with E-state index in [2.05, 4.69) is 16.3 Å². The van der Waals surface area contributed by atoms with E-state index in [4.69, 9.17) is 4.74 Å². The molecule has 2 amide bonds. The molecule has 4 atom stereocenters. The van der Waals surface area contributed by atoms with E-state index in [1.54, 1.807) is 18.2 Å². The fraction of sp³-hybridized carbons (Fsp3) is 0.583. The molecule has 4 aliphatic rings. The summed E-state index contributed by atoms with van der Waals surface area (Å²) in [6.45, 7) is 3.11. The summed E-state index contributed by atoms with van der Waals surface area (Å²) in [4.78, 5) is 29.8. The first-order chi connectivity index (χ1) is 14.6. The Balaban J connectivity index is 1.36. The number of piperidine rings is 3. The Labute approximate surface area is 178 Å². The Kier molecular flexibility index (Phi) is 5.27. The molecular weight excluding hydrogens is 378 g/mol. The average Bonchev–Trinajstić information content (AvgIpc) is 2.78. The zero-order valence-corrected chi connectivity index (χ0v) is 17.7. The number of ether oxygens (including phenoxy) is 1. The van der Waals surface area contributed by atoms with Crippen LogP contribution >= 0.6 is 0 Å². The summed E-state index contributed by atoms with van der Waals surface area (Å²) in [7, 11) is 1.36. The van der Waals surface area contributed by atoms with Gasteiger partial charge in [0.1, 0.15) is 0 Å². The summed E-state index contributed by atoms with van der Waals surface area (Å²) in [6.07, 6.45) is 9.86. The van der Waals surface area contributed by atoms with E-state index < -0.39 is 5.97 Å². The molecule has 1 aromatic carbocycles. The van der Waals surface area contributed by atoms with E-state index in [-0.39, 0.29) is 12.1 Å². The molecule has 30 heavy (non-hydrogen) atoms. The first kappa shape index (κ1) is 19.6. The first-order valence-electron chi connectivity index (χ1n) is 11.3. The van der Waals surface area contributed by atoms with E-state index in [0.29, 0.717) is 29.1 Å². The molecule has 160 valence electrons. The van der Waals surface area contributed by atoms with Gasteiger partial charge >= 0.3 is 12.0 Å². The van der Waals surface area contributed by atoms with Crippen molar-refractivity contribution in [3.05, 3.63) is 41.5 Å². The smallest absolute Gasteiger partial charge is 0.337 e. The van der Waals surface area contributed by atoms with Crippen LogP contribution < -0.4 is 5.32 Å². The van der Waals surface area contributed by atoms with Gasteiger partial charge in [-0.05, 0) is 68.7 Å². The zero-order chi connectivity index (χ0) is 20.7. The third-order valence-electron chi connectivity index (χ3n) is 7.45. The normalized spacial score (nSPS) is 30.6. The molecule has 3 heterocycles. The van der Waals surface area contributed by atoms with Gasteiger partial charge in [0, 0.05) is 24.8 Å². The second-order valence-electron chi connectivity index (χ2n) is 9.20. The highest BCUT2D eigenvalue weighted by molar-refractivity contribution is 5.94. The Hall–Kier alpha value is -2.34. The Morgan fingerprint density at radius 3 is 2.93 bits per heavy atom. The predicted octanol–water partition coefficient (Wildman–Crippen LogP) is 3.90. The Bertz CT molecular complexity index is 867. The molecule has 6 heteroatoms. The van der Waals surface area contributed by atoms with Crippen LogP contribution in [0.25, 0.3) is 0 Å². The largest absolute Gasteiger partial charge is 0.465 e. The van der Waals surface area contributed by atoms with Gasteiger partial charge in [-0.2, -0.15) is 0 Å². The lowest BCUT2D eigenvalue weighted by molar-refractivity contribution is 0.00908. The van der Waals surface area contributed by atoms with Crippen molar-refractivity contribution in [2.75, 3.05) is 32.1 Å². The number of nitrogens with one attached hydrogen (secondary N) is 1. The molecule has 4 unspecified atom stereocenters. The van der Waals surface area contributed by atoms with Crippen LogP contribution in [-0.2, 0) is 4.74 Å². The van der Waals surface area contributed by atoms with Gasteiger partial charge in [-0.3, -0.25) is 4.90 Å². The number of carbonyl (C=O) groups is 2. The first-order valence-corrected chi connectivity index (χ1v) is 11.3. The second-order valence-corrected chi connectivity index (χ2v) is 9.20. The molecule has 3 aliphatic heterocycles. The lowest BCUT2D eigenvalue weighted by Gasteiger charge is -2.54. The minimum Gasteiger partial charge on any atom is -0.465 e. The maximum absolute atomic E-state index is 13.3. The SMILES string of the molecule is COC(=O)c1cccc(NC(=O)N2CCCC3=CC4CC(CN5CCCCC45)C32)c1. The molecule has 0 spiro atoms. The van der Waals surface area contributed by atoms with E-state index in [0.717, 1.165) is 25.9 Å². The van der Waals surface area contributed by atoms with E-state index >= 15 is 0 Å². The van der Waals surface area contributed by atoms with Gasteiger partial charge < -0.3 is 15.0 Å². The molecule has 6 nitrogen and oxygen atoms in total. The van der Waals surface area contributed by atoms with Gasteiger partial charge in [0.2, 0.25) is 0 Å². The number of hydrogen-bond acceptors (Lipinski definition) is 4. The van der Waals surface area contributed by atoms with Crippen LogP contribution in [0.15, 0.2) is 35.9 Å². The lowest BCUT2D eigenvalue weighted by Crippen LogP contribution is -2.60. The van der Waals surface area contributed by atoms with Crippen LogP contribution in [0, 0.1) is 11.8 Å². The van der Waals surface area contributed by atoms with Crippen molar-refractivity contribution in [3.8, 4) is 0 Å². The number of benzene rings is 1. The number of carbonyl (C=O) groups excluding carboxylic acids is 2. The summed E-state index contributed by atoms with van der Waals surface area (Å²) in [5.74, 6) is 0.790. The van der Waals surface area contributed by atoms with E-state index in [9.17, 15) is 9.59 Å². The highest BCUT2D eigenvalue weighted by atomic mass is 16.5. The Morgan fingerprint density at radius 1 is 1.17 bits per heavy atom. The number of nitrogens with zero attached hydrogens (tertiary/aromatic N) is 2. The van der Waals surface area contributed by atoms with Gasteiger partial charge in [0.25, 0.3) is 0 Å². The zero-order valence-electron chi connectivity index (χ0n) is 17.7. The van der Waals surface area contributed by atoms with Crippen molar-refractivity contribution in [2.24, 2.45) is 11.8 Å². The number of methoxy groups -OCH3 is 1. The molecule has 0 aromatic heterocycles. The minimum absolute atomic E-state index is 0.0631. The molecule has 0 radical (unpaired) electrons. The highest BCUT2D eigenvalue weighted by Crippen LogP contribution is 2.45. The maximum atomic E-state index is 13.3. The van der Waals surface area contributed by atoms with Crippen molar-refractivity contribution in [3.63, 3.8) is 0 Å². The number of hydrogen-bond donors (Lipinski definition) is 1. The summed E-state index contributed by atoms with van der Waals surface area (Å²) >= 11 is 0. The van der Waals surface area contributed by atoms with Crippen LogP contribution in [0.4, 0.5) is 10.5 Å². The van der Waals surface area contributed by atoms with Gasteiger partial charge in [0.15, 0.2) is 0 Å². The number of amides is 2. The van der Waals surface area contributed by atoms with Crippen LogP contribution in [-0.4, -0.2) is 60.6 Å². The molecular formula is C24H31N3O3. The molecule has 0 saturated carbocycles. The number of fused-ring (bicyclic) bond motifs is 6. The quantitative estimate of drug-likeness (QED) is 0.594. The summed E-state index contributed by atoms with van der Waals surface area (Å²) < 4.78 is 4.80. The predicted molar refractivity (Wildman–Crippen MR) is 115 cm³/mol. The highest BCUT2D eigenvalue weighted by Gasteiger charge is 2.46. The van der Waals surface area contributed by atoms with Crippen molar-refractivity contribution >= 4 is 17.7 Å². The molecule has 1 aliphatic carbocycles. The van der Waals surface area contributed by atoms with Gasteiger partial charge in [0.05, 0.1) is 18.7 Å². The average molecular weight is 410 g/mol. The second kappa shape index (κ2) is 8.06. The maximum Gasteiger partial charge on any atom is 0.337 e. The number of urea groups is 1. The summed E-state index contributed by atoms with van der Waals surface area (Å²) in [6, 6.07) is 7.83. The van der Waals surface area contributed by atoms with E-state index in [1.807, 2.05) is 11.0 Å². The topological polar surface area (TPSA) is 61.9 Å². The van der Waals surface area contributed by atoms with Crippen LogP contribution in [0.2, 0.25) is 0 Å². The van der Waals surface area contributed by atoms with Gasteiger partial charge in [-0.15, -0.1) is 0 Å². The molecule has 3 fully saturated rings. The minimum atomic E-state index is -0.397. The summed E-state index contributed by atoms with van der Waals surface area (Å²) in [5.41, 5.74) is 2.55. The van der Waals surface area contributed by atoms with Crippen LogP contribution in [0.3, 0.4) is 0 Å². The van der Waals surface area contributed by atoms with Crippen LogP contribution in [0.5, 0.6) is 0 Å². The third-order valence-corrected chi connectivity index (χ3v) is 7.45. The standard InChI is InChI=1S/C24H31N3O3/c1-30-23(28)17-6-4-8-20(14-17)25-24(29)27-11-5-7-16-12-18-13-19(22(16)27)15-26-10-3-2-9-21(18)26/h4,6,8,12,14,18-19,21-22H,2-3,5,7,9-11,13,15H2,1H3,(H,25,29). The molecule has 2 bridgehead atoms. The van der Waals surface area contributed by atoms with Crippen molar-refractivity contribution in [1.29, 1.82) is 0 Å². The van der Waals surface area contributed by atoms with Gasteiger partial charge in [-0.1, -0.05) is 24.1 Å². The molecule has 5 rings (SSSR count). The summed E-state index contributed by atoms with van der Waals surface area (Å²) in [5, 5.41) is 3.03. The number of anilines is 1. The fourth-order valence-corrected chi connectivity index (χ4v) is 6.24. The monoisotopic (exact) mass is 409 g/mol. The van der Waals surface area contributed by atoms with Crippen molar-refractivity contribution < 1.29 is 14.3 Å². The molecule has 1 aromatic rings. The number of esters is 1.